The molecule has 0 radical (unpaired) electrons. The zero-order valence-electron chi connectivity index (χ0n) is 9.75. The number of carbonyl (C=O) groups excluding carboxylic acids is 2. The van der Waals surface area contributed by atoms with Gasteiger partial charge in [-0.1, -0.05) is 0 Å². The monoisotopic (exact) mass is 212 g/mol. The summed E-state index contributed by atoms with van der Waals surface area (Å²) in [5, 5.41) is 2.93. The largest absolute Gasteiger partial charge is 0.354 e. The zero-order chi connectivity index (χ0) is 11.4. The van der Waals surface area contributed by atoms with Crippen LogP contribution in [0, 0.1) is 0 Å². The number of amides is 2. The summed E-state index contributed by atoms with van der Waals surface area (Å²) in [6.45, 7) is 3.15. The van der Waals surface area contributed by atoms with Gasteiger partial charge in [0.25, 0.3) is 0 Å². The lowest BCUT2D eigenvalue weighted by atomic mass is 9.90. The van der Waals surface area contributed by atoms with Gasteiger partial charge in [-0.2, -0.15) is 0 Å². The normalized spacial score (nSPS) is 25.8. The van der Waals surface area contributed by atoms with Crippen molar-refractivity contribution in [3.63, 3.8) is 0 Å². The fourth-order valence-corrected chi connectivity index (χ4v) is 2.15. The van der Waals surface area contributed by atoms with E-state index in [2.05, 4.69) is 5.32 Å². The van der Waals surface area contributed by atoms with Crippen LogP contribution in [0.1, 0.15) is 39.5 Å². The molecule has 0 aromatic rings. The summed E-state index contributed by atoms with van der Waals surface area (Å²) in [5.74, 6) is 0.163. The number of carbonyl (C=O) groups is 2. The Morgan fingerprint density at radius 2 is 1.67 bits per heavy atom. The first-order chi connectivity index (χ1) is 7.00. The summed E-state index contributed by atoms with van der Waals surface area (Å²) in [7, 11) is 1.85. The van der Waals surface area contributed by atoms with Gasteiger partial charge in [-0.05, 0) is 25.7 Å². The van der Waals surface area contributed by atoms with Crippen LogP contribution in [0.3, 0.4) is 0 Å². The van der Waals surface area contributed by atoms with E-state index >= 15 is 0 Å². The highest BCUT2D eigenvalue weighted by Crippen LogP contribution is 2.22. The van der Waals surface area contributed by atoms with Crippen LogP contribution in [0.15, 0.2) is 0 Å². The molecule has 1 saturated carbocycles. The third-order valence-electron chi connectivity index (χ3n) is 3.15. The molecule has 0 aromatic heterocycles. The lowest BCUT2D eigenvalue weighted by Gasteiger charge is -2.34. The Bertz CT molecular complexity index is 245. The fourth-order valence-electron chi connectivity index (χ4n) is 2.15. The maximum absolute atomic E-state index is 11.2. The van der Waals surface area contributed by atoms with Crippen LogP contribution in [0.4, 0.5) is 0 Å². The SMILES string of the molecule is CC(=O)NC1CCC(N(C)C(C)=O)CC1. The Morgan fingerprint density at radius 1 is 1.13 bits per heavy atom. The van der Waals surface area contributed by atoms with E-state index in [0.717, 1.165) is 25.7 Å². The molecule has 15 heavy (non-hydrogen) atoms. The number of hydrogen-bond acceptors (Lipinski definition) is 2. The Morgan fingerprint density at radius 3 is 2.07 bits per heavy atom. The van der Waals surface area contributed by atoms with Crippen LogP contribution in [0.2, 0.25) is 0 Å². The molecule has 86 valence electrons. The molecule has 0 saturated heterocycles. The Hall–Kier alpha value is -1.06. The van der Waals surface area contributed by atoms with Crippen LogP contribution in [-0.2, 0) is 9.59 Å². The lowest BCUT2D eigenvalue weighted by Crippen LogP contribution is -2.43. The molecule has 2 amide bonds. The maximum atomic E-state index is 11.2. The molecule has 1 rings (SSSR count). The first-order valence-electron chi connectivity index (χ1n) is 5.51. The summed E-state index contributed by atoms with van der Waals surface area (Å²) in [4.78, 5) is 23.8. The van der Waals surface area contributed by atoms with Gasteiger partial charge in [0.15, 0.2) is 0 Å². The van der Waals surface area contributed by atoms with E-state index in [0.29, 0.717) is 12.1 Å². The molecule has 0 spiro atoms. The first-order valence-corrected chi connectivity index (χ1v) is 5.51. The van der Waals surface area contributed by atoms with Gasteiger partial charge in [0.1, 0.15) is 0 Å². The van der Waals surface area contributed by atoms with Gasteiger partial charge < -0.3 is 10.2 Å². The van der Waals surface area contributed by atoms with Crippen molar-refractivity contribution in [2.45, 2.75) is 51.6 Å². The van der Waals surface area contributed by atoms with E-state index < -0.39 is 0 Å². The van der Waals surface area contributed by atoms with Crippen LogP contribution in [-0.4, -0.2) is 35.8 Å². The van der Waals surface area contributed by atoms with Gasteiger partial charge in [0.2, 0.25) is 11.8 Å². The second kappa shape index (κ2) is 5.14. The third kappa shape index (κ3) is 3.53. The van der Waals surface area contributed by atoms with Crippen LogP contribution >= 0.6 is 0 Å². The van der Waals surface area contributed by atoms with Crippen molar-refractivity contribution in [2.24, 2.45) is 0 Å². The molecule has 0 bridgehead atoms. The third-order valence-corrected chi connectivity index (χ3v) is 3.15. The van der Waals surface area contributed by atoms with Gasteiger partial charge in [-0.25, -0.2) is 0 Å². The Labute approximate surface area is 91.0 Å². The number of nitrogens with one attached hydrogen (secondary N) is 1. The van der Waals surface area contributed by atoms with Crippen molar-refractivity contribution >= 4 is 11.8 Å². The molecule has 0 heterocycles. The van der Waals surface area contributed by atoms with E-state index in [4.69, 9.17) is 0 Å². The molecule has 1 fully saturated rings. The highest BCUT2D eigenvalue weighted by molar-refractivity contribution is 5.73. The van der Waals surface area contributed by atoms with Crippen molar-refractivity contribution in [1.82, 2.24) is 10.2 Å². The molecule has 1 aliphatic carbocycles. The van der Waals surface area contributed by atoms with E-state index in [1.165, 1.54) is 0 Å². The van der Waals surface area contributed by atoms with E-state index in [1.807, 2.05) is 11.9 Å². The second-order valence-corrected chi connectivity index (χ2v) is 4.34. The average molecular weight is 212 g/mol. The van der Waals surface area contributed by atoms with Gasteiger partial charge in [0, 0.05) is 33.0 Å². The van der Waals surface area contributed by atoms with Crippen molar-refractivity contribution in [3.05, 3.63) is 0 Å². The molecule has 0 aromatic carbocycles. The number of hydrogen-bond donors (Lipinski definition) is 1. The fraction of sp³-hybridized carbons (Fsp3) is 0.818. The van der Waals surface area contributed by atoms with Gasteiger partial charge in [-0.3, -0.25) is 9.59 Å². The van der Waals surface area contributed by atoms with Gasteiger partial charge >= 0.3 is 0 Å². The van der Waals surface area contributed by atoms with Crippen LogP contribution in [0.25, 0.3) is 0 Å². The van der Waals surface area contributed by atoms with Gasteiger partial charge in [-0.15, -0.1) is 0 Å². The van der Waals surface area contributed by atoms with Crippen LogP contribution < -0.4 is 5.32 Å². The van der Waals surface area contributed by atoms with Crippen LogP contribution in [0.5, 0.6) is 0 Å². The minimum atomic E-state index is 0.0402. The lowest BCUT2D eigenvalue weighted by molar-refractivity contribution is -0.130. The number of rotatable bonds is 2. The molecule has 1 aliphatic rings. The molecular formula is C11H20N2O2. The standard InChI is InChI=1S/C11H20N2O2/c1-8(14)12-10-4-6-11(7-5-10)13(3)9(2)15/h10-11H,4-7H2,1-3H3,(H,12,14). The maximum Gasteiger partial charge on any atom is 0.219 e. The quantitative estimate of drug-likeness (QED) is 0.739. The molecule has 0 unspecified atom stereocenters. The van der Waals surface area contributed by atoms with Gasteiger partial charge in [0.05, 0.1) is 0 Å². The predicted molar refractivity (Wildman–Crippen MR) is 58.3 cm³/mol. The van der Waals surface area contributed by atoms with E-state index in [1.54, 1.807) is 13.8 Å². The summed E-state index contributed by atoms with van der Waals surface area (Å²) < 4.78 is 0. The average Bonchev–Trinajstić information content (AvgIpc) is 2.17. The summed E-state index contributed by atoms with van der Waals surface area (Å²) in [6, 6.07) is 0.659. The van der Waals surface area contributed by atoms with Crippen molar-refractivity contribution in [3.8, 4) is 0 Å². The minimum absolute atomic E-state index is 0.0402. The summed E-state index contributed by atoms with van der Waals surface area (Å²) in [6.07, 6.45) is 3.92. The predicted octanol–water partition coefficient (Wildman–Crippen LogP) is 0.912. The zero-order valence-corrected chi connectivity index (χ0v) is 9.75. The smallest absolute Gasteiger partial charge is 0.219 e. The highest BCUT2D eigenvalue weighted by atomic mass is 16.2. The molecule has 4 nitrogen and oxygen atoms in total. The molecule has 0 aliphatic heterocycles. The molecular weight excluding hydrogens is 192 g/mol. The van der Waals surface area contributed by atoms with E-state index in [-0.39, 0.29) is 11.8 Å². The minimum Gasteiger partial charge on any atom is -0.354 e. The molecule has 4 heteroatoms. The molecule has 0 atom stereocenters. The number of nitrogens with zero attached hydrogens (tertiary/aromatic N) is 1. The van der Waals surface area contributed by atoms with Crippen molar-refractivity contribution in [2.75, 3.05) is 7.05 Å². The topological polar surface area (TPSA) is 49.4 Å². The summed E-state index contributed by atoms with van der Waals surface area (Å²) in [5.41, 5.74) is 0. The van der Waals surface area contributed by atoms with E-state index in [9.17, 15) is 9.59 Å². The Kier molecular flexibility index (Phi) is 4.12. The van der Waals surface area contributed by atoms with Crippen molar-refractivity contribution in [1.29, 1.82) is 0 Å². The summed E-state index contributed by atoms with van der Waals surface area (Å²) >= 11 is 0. The Balaban J connectivity index is 2.35. The highest BCUT2D eigenvalue weighted by Gasteiger charge is 2.25. The second-order valence-electron chi connectivity index (χ2n) is 4.34. The first kappa shape index (κ1) is 12.0. The molecule has 1 N–H and O–H groups in total. The van der Waals surface area contributed by atoms with Crippen molar-refractivity contribution < 1.29 is 9.59 Å².